The molecule has 0 atom stereocenters. The summed E-state index contributed by atoms with van der Waals surface area (Å²) in [5.41, 5.74) is 5.43. The van der Waals surface area contributed by atoms with Gasteiger partial charge in [-0.1, -0.05) is 91.8 Å². The van der Waals surface area contributed by atoms with Crippen molar-refractivity contribution in [1.82, 2.24) is 4.57 Å². The molecule has 0 saturated carbocycles. The molecule has 4 aromatic carbocycles. The topological polar surface area (TPSA) is 4.93 Å². The van der Waals surface area contributed by atoms with E-state index in [-0.39, 0.29) is 38.2 Å². The second-order valence-electron chi connectivity index (χ2n) is 11.1. The first-order valence-electron chi connectivity index (χ1n) is 14.0. The summed E-state index contributed by atoms with van der Waals surface area (Å²) in [4.78, 5) is 0. The molecule has 207 valence electrons. The van der Waals surface area contributed by atoms with Crippen molar-refractivity contribution >= 4 is 21.8 Å². The molecule has 1 nitrogen and oxygen atoms in total. The Morgan fingerprint density at radius 2 is 0.795 bits per heavy atom. The first kappa shape index (κ1) is 36.8. The Morgan fingerprint density at radius 1 is 0.487 bits per heavy atom. The van der Waals surface area contributed by atoms with E-state index >= 15 is 0 Å². The predicted molar refractivity (Wildman–Crippen MR) is 172 cm³/mol. The van der Waals surface area contributed by atoms with E-state index in [1.54, 1.807) is 0 Å². The van der Waals surface area contributed by atoms with E-state index in [9.17, 15) is 0 Å². The van der Waals surface area contributed by atoms with Crippen LogP contribution in [-0.4, -0.2) is 4.57 Å². The molecule has 0 spiro atoms. The molecule has 0 N–H and O–H groups in total. The average Bonchev–Trinajstić information content (AvgIpc) is 3.27. The molecule has 1 aromatic heterocycles. The van der Waals surface area contributed by atoms with Crippen molar-refractivity contribution in [2.24, 2.45) is 5.41 Å². The number of aromatic nitrogens is 1. The van der Waals surface area contributed by atoms with Gasteiger partial charge in [-0.15, -0.1) is 12.1 Å². The van der Waals surface area contributed by atoms with Crippen LogP contribution in [0, 0.1) is 17.5 Å². The van der Waals surface area contributed by atoms with Crippen LogP contribution in [0.5, 0.6) is 0 Å². The maximum Gasteiger partial charge on any atom is 0.0496 e. The van der Waals surface area contributed by atoms with Crippen molar-refractivity contribution in [3.63, 3.8) is 0 Å². The smallest absolute Gasteiger partial charge is 0.0496 e. The minimum atomic E-state index is 0. The SMILES string of the molecule is CC.CC.CC(C)(C)C.CC(C)(C)n1c2ccccc2c2ccccc21.[Y].[c-]1ccccc1-c1[c-]cccc1. The molecular formula is C37H49NY-2. The van der Waals surface area contributed by atoms with Crippen LogP contribution in [0.15, 0.2) is 97.1 Å². The third-order valence-electron chi connectivity index (χ3n) is 4.96. The maximum absolute atomic E-state index is 3.15. The number of hydrogen-bond acceptors (Lipinski definition) is 0. The van der Waals surface area contributed by atoms with Crippen LogP contribution in [0.3, 0.4) is 0 Å². The normalized spacial score (nSPS) is 10.2. The fraction of sp³-hybridized carbons (Fsp3) is 0.351. The summed E-state index contributed by atoms with van der Waals surface area (Å²) in [6.45, 7) is 23.5. The largest absolute Gasteiger partial charge is 0.335 e. The Balaban J connectivity index is 0.000000576. The molecule has 0 aliphatic heterocycles. The quantitative estimate of drug-likeness (QED) is 0.170. The molecule has 0 unspecified atom stereocenters. The predicted octanol–water partition coefficient (Wildman–Crippen LogP) is 11.6. The van der Waals surface area contributed by atoms with Gasteiger partial charge >= 0.3 is 0 Å². The molecule has 0 saturated heterocycles. The van der Waals surface area contributed by atoms with E-state index in [4.69, 9.17) is 0 Å². The molecular weight excluding hydrogens is 547 g/mol. The minimum absolute atomic E-state index is 0. The van der Waals surface area contributed by atoms with Crippen molar-refractivity contribution in [2.45, 2.75) is 81.7 Å². The first-order chi connectivity index (χ1) is 18.1. The molecule has 0 fully saturated rings. The van der Waals surface area contributed by atoms with Crippen molar-refractivity contribution in [3.05, 3.63) is 109 Å². The van der Waals surface area contributed by atoms with Crippen LogP contribution in [0.1, 0.15) is 76.2 Å². The van der Waals surface area contributed by atoms with Crippen LogP contribution in [0.2, 0.25) is 0 Å². The fourth-order valence-electron chi connectivity index (χ4n) is 3.77. The van der Waals surface area contributed by atoms with Gasteiger partial charge in [-0.3, -0.25) is 0 Å². The Morgan fingerprint density at radius 3 is 1.08 bits per heavy atom. The molecule has 5 aromatic rings. The zero-order valence-corrected chi connectivity index (χ0v) is 29.1. The molecule has 39 heavy (non-hydrogen) atoms. The van der Waals surface area contributed by atoms with Crippen molar-refractivity contribution in [1.29, 1.82) is 0 Å². The third kappa shape index (κ3) is 12.2. The standard InChI is InChI=1S/C16H17N.C12H8.C5H12.2C2H6.Y/c1-16(2,3)17-14-10-6-4-8-12(14)13-9-5-7-11-15(13)17;1-3-7-11(8-4-1)12-9-5-2-6-10-12;1-5(2,3)4;2*1-2;/h4-11H,1-3H3;1-7,9H;1-4H3;2*1-2H3;/q;-2;;;;. The Hall–Kier alpha value is -2.22. The molecule has 1 radical (unpaired) electrons. The molecule has 0 aliphatic rings. The number of benzene rings is 4. The Kier molecular flexibility index (Phi) is 17.2. The number of nitrogens with zero attached hydrogens (tertiary/aromatic N) is 1. The fourth-order valence-corrected chi connectivity index (χ4v) is 3.77. The van der Waals surface area contributed by atoms with Crippen LogP contribution in [-0.2, 0) is 38.2 Å². The summed E-state index contributed by atoms with van der Waals surface area (Å²) >= 11 is 0. The summed E-state index contributed by atoms with van der Waals surface area (Å²) in [6.07, 6.45) is 0. The zero-order chi connectivity index (χ0) is 28.8. The van der Waals surface area contributed by atoms with E-state index in [0.29, 0.717) is 5.41 Å². The van der Waals surface area contributed by atoms with Gasteiger partial charge in [0.1, 0.15) is 0 Å². The van der Waals surface area contributed by atoms with Crippen LogP contribution in [0.25, 0.3) is 32.9 Å². The van der Waals surface area contributed by atoms with Gasteiger partial charge in [-0.2, -0.15) is 48.5 Å². The van der Waals surface area contributed by atoms with E-state index in [2.05, 4.69) is 114 Å². The van der Waals surface area contributed by atoms with Crippen molar-refractivity contribution in [2.75, 3.05) is 0 Å². The summed E-state index contributed by atoms with van der Waals surface area (Å²) in [6, 6.07) is 39.4. The van der Waals surface area contributed by atoms with Crippen molar-refractivity contribution < 1.29 is 32.7 Å². The summed E-state index contributed by atoms with van der Waals surface area (Å²) < 4.78 is 2.43. The number of para-hydroxylation sites is 2. The number of rotatable bonds is 1. The zero-order valence-electron chi connectivity index (χ0n) is 26.3. The molecule has 0 aliphatic carbocycles. The van der Waals surface area contributed by atoms with Gasteiger partial charge in [0.05, 0.1) is 0 Å². The monoisotopic (exact) mass is 596 g/mol. The average molecular weight is 597 g/mol. The molecule has 2 heteroatoms. The van der Waals surface area contributed by atoms with Gasteiger partial charge in [0.15, 0.2) is 0 Å². The van der Waals surface area contributed by atoms with E-state index in [1.165, 1.54) is 21.8 Å². The second-order valence-corrected chi connectivity index (χ2v) is 11.1. The van der Waals surface area contributed by atoms with Gasteiger partial charge in [-0.05, 0) is 38.3 Å². The van der Waals surface area contributed by atoms with Crippen LogP contribution in [0.4, 0.5) is 0 Å². The summed E-state index contributed by atoms with van der Waals surface area (Å²) in [5.74, 6) is 0. The molecule has 0 bridgehead atoms. The summed E-state index contributed by atoms with van der Waals surface area (Å²) in [7, 11) is 0. The van der Waals surface area contributed by atoms with Gasteiger partial charge in [-0.25, -0.2) is 11.1 Å². The van der Waals surface area contributed by atoms with E-state index in [1.807, 2.05) is 76.2 Å². The molecule has 1 heterocycles. The van der Waals surface area contributed by atoms with Gasteiger partial charge < -0.3 is 4.57 Å². The Bertz CT molecular complexity index is 1210. The maximum atomic E-state index is 3.15. The second kappa shape index (κ2) is 18.2. The summed E-state index contributed by atoms with van der Waals surface area (Å²) in [5, 5.41) is 2.69. The van der Waals surface area contributed by atoms with Gasteiger partial charge in [0.2, 0.25) is 0 Å². The van der Waals surface area contributed by atoms with E-state index in [0.717, 1.165) is 11.1 Å². The molecule has 5 rings (SSSR count). The number of fused-ring (bicyclic) bond motifs is 3. The first-order valence-corrected chi connectivity index (χ1v) is 14.0. The van der Waals surface area contributed by atoms with Crippen molar-refractivity contribution in [3.8, 4) is 11.1 Å². The number of hydrogen-bond donors (Lipinski definition) is 0. The van der Waals surface area contributed by atoms with Crippen LogP contribution < -0.4 is 0 Å². The molecule has 0 amide bonds. The Labute approximate surface area is 264 Å². The third-order valence-corrected chi connectivity index (χ3v) is 4.96. The van der Waals surface area contributed by atoms with Gasteiger partial charge in [0, 0.05) is 60.1 Å². The van der Waals surface area contributed by atoms with Gasteiger partial charge in [0.25, 0.3) is 0 Å². The van der Waals surface area contributed by atoms with Crippen LogP contribution >= 0.6 is 0 Å². The minimum Gasteiger partial charge on any atom is -0.335 e. The van der Waals surface area contributed by atoms with E-state index < -0.39 is 0 Å².